The van der Waals surface area contributed by atoms with Gasteiger partial charge in [0, 0.05) is 5.39 Å². The van der Waals surface area contributed by atoms with E-state index in [2.05, 4.69) is 10.4 Å². The van der Waals surface area contributed by atoms with Crippen LogP contribution in [0.25, 0.3) is 10.9 Å². The summed E-state index contributed by atoms with van der Waals surface area (Å²) in [5, 5.41) is 7.68. The number of carbonyl (C=O) groups is 2. The second kappa shape index (κ2) is 5.92. The van der Waals surface area contributed by atoms with Crippen molar-refractivity contribution < 1.29 is 14.3 Å². The quantitative estimate of drug-likeness (QED) is 0.738. The van der Waals surface area contributed by atoms with Gasteiger partial charge in [-0.05, 0) is 30.7 Å². The standard InChI is InChI=1S/C17H15N3O3/c1-11-7-8-13(16(21)23-2)14(9-11)19-17(22)20-15-6-4-3-5-12(15)10-18-20/h3-10H,1-2H3,(H,19,22). The molecule has 1 amide bonds. The van der Waals surface area contributed by atoms with Crippen molar-refractivity contribution in [3.63, 3.8) is 0 Å². The highest BCUT2D eigenvalue weighted by Gasteiger charge is 2.16. The molecule has 1 N–H and O–H groups in total. The number of aromatic nitrogens is 2. The van der Waals surface area contributed by atoms with Crippen molar-refractivity contribution in [3.8, 4) is 0 Å². The molecule has 0 saturated heterocycles. The number of ether oxygens (including phenoxy) is 1. The van der Waals surface area contributed by atoms with Gasteiger partial charge >= 0.3 is 12.0 Å². The van der Waals surface area contributed by atoms with Crippen molar-refractivity contribution in [2.24, 2.45) is 0 Å². The van der Waals surface area contributed by atoms with E-state index in [0.717, 1.165) is 10.9 Å². The van der Waals surface area contributed by atoms with E-state index in [9.17, 15) is 9.59 Å². The minimum absolute atomic E-state index is 0.294. The number of methoxy groups -OCH3 is 1. The van der Waals surface area contributed by atoms with Gasteiger partial charge < -0.3 is 10.1 Å². The Hall–Kier alpha value is -3.15. The highest BCUT2D eigenvalue weighted by Crippen LogP contribution is 2.20. The first-order valence-electron chi connectivity index (χ1n) is 7.03. The molecular weight excluding hydrogens is 294 g/mol. The highest BCUT2D eigenvalue weighted by atomic mass is 16.5. The molecule has 0 saturated carbocycles. The third kappa shape index (κ3) is 2.78. The van der Waals surface area contributed by atoms with Crippen molar-refractivity contribution in [1.82, 2.24) is 9.78 Å². The number of anilines is 1. The number of esters is 1. The Morgan fingerprint density at radius 1 is 1.17 bits per heavy atom. The van der Waals surface area contributed by atoms with Gasteiger partial charge in [-0.15, -0.1) is 0 Å². The lowest BCUT2D eigenvalue weighted by atomic mass is 10.1. The number of benzene rings is 2. The molecule has 23 heavy (non-hydrogen) atoms. The molecule has 0 aliphatic rings. The van der Waals surface area contributed by atoms with Gasteiger partial charge in [0.05, 0.1) is 30.1 Å². The number of amides is 1. The molecule has 3 aromatic rings. The average molecular weight is 309 g/mol. The van der Waals surface area contributed by atoms with E-state index in [0.29, 0.717) is 16.8 Å². The van der Waals surface area contributed by atoms with Crippen LogP contribution in [0.5, 0.6) is 0 Å². The molecule has 6 nitrogen and oxygen atoms in total. The molecule has 0 radical (unpaired) electrons. The fourth-order valence-corrected chi connectivity index (χ4v) is 2.35. The summed E-state index contributed by atoms with van der Waals surface area (Å²) in [6.07, 6.45) is 1.62. The first kappa shape index (κ1) is 14.8. The Kier molecular flexibility index (Phi) is 3.80. The minimum Gasteiger partial charge on any atom is -0.465 e. The molecule has 0 unspecified atom stereocenters. The van der Waals surface area contributed by atoms with E-state index in [4.69, 9.17) is 4.74 Å². The smallest absolute Gasteiger partial charge is 0.347 e. The number of fused-ring (bicyclic) bond motifs is 1. The van der Waals surface area contributed by atoms with E-state index in [1.54, 1.807) is 30.5 Å². The van der Waals surface area contributed by atoms with Gasteiger partial charge in [0.2, 0.25) is 0 Å². The number of hydrogen-bond acceptors (Lipinski definition) is 4. The molecule has 3 rings (SSSR count). The molecule has 0 aliphatic carbocycles. The molecule has 1 aromatic heterocycles. The lowest BCUT2D eigenvalue weighted by molar-refractivity contribution is 0.0602. The molecule has 0 bridgehead atoms. The molecule has 0 atom stereocenters. The van der Waals surface area contributed by atoms with Gasteiger partial charge in [-0.2, -0.15) is 9.78 Å². The maximum Gasteiger partial charge on any atom is 0.347 e. The summed E-state index contributed by atoms with van der Waals surface area (Å²) in [5.41, 5.74) is 2.29. The van der Waals surface area contributed by atoms with Crippen LogP contribution in [-0.4, -0.2) is 28.9 Å². The van der Waals surface area contributed by atoms with E-state index in [-0.39, 0.29) is 0 Å². The Morgan fingerprint density at radius 3 is 2.74 bits per heavy atom. The first-order chi connectivity index (χ1) is 11.1. The molecule has 0 spiro atoms. The number of rotatable bonds is 2. The fourth-order valence-electron chi connectivity index (χ4n) is 2.35. The predicted molar refractivity (Wildman–Crippen MR) is 86.7 cm³/mol. The number of carbonyl (C=O) groups excluding carboxylic acids is 2. The minimum atomic E-state index is -0.509. The number of nitrogens with one attached hydrogen (secondary N) is 1. The Labute approximate surface area is 132 Å². The van der Waals surface area contributed by atoms with Crippen LogP contribution in [-0.2, 0) is 4.74 Å². The Morgan fingerprint density at radius 2 is 1.96 bits per heavy atom. The molecule has 2 aromatic carbocycles. The van der Waals surface area contributed by atoms with Crippen molar-refractivity contribution in [2.75, 3.05) is 12.4 Å². The maximum atomic E-state index is 12.5. The summed E-state index contributed by atoms with van der Waals surface area (Å²) in [6, 6.07) is 12.1. The van der Waals surface area contributed by atoms with Crippen LogP contribution in [0, 0.1) is 6.92 Å². The van der Waals surface area contributed by atoms with Crippen LogP contribution >= 0.6 is 0 Å². The van der Waals surface area contributed by atoms with Crippen LogP contribution in [0.2, 0.25) is 0 Å². The number of hydrogen-bond donors (Lipinski definition) is 1. The van der Waals surface area contributed by atoms with Crippen LogP contribution in [0.4, 0.5) is 10.5 Å². The topological polar surface area (TPSA) is 73.2 Å². The third-order valence-corrected chi connectivity index (χ3v) is 3.49. The van der Waals surface area contributed by atoms with Crippen molar-refractivity contribution >= 4 is 28.6 Å². The first-order valence-corrected chi connectivity index (χ1v) is 7.03. The predicted octanol–water partition coefficient (Wildman–Crippen LogP) is 3.21. The monoisotopic (exact) mass is 309 g/mol. The number of para-hydroxylation sites is 1. The summed E-state index contributed by atoms with van der Waals surface area (Å²) in [4.78, 5) is 24.3. The van der Waals surface area contributed by atoms with Crippen molar-refractivity contribution in [2.45, 2.75) is 6.92 Å². The fraction of sp³-hybridized carbons (Fsp3) is 0.118. The van der Waals surface area contributed by atoms with Gasteiger partial charge in [-0.25, -0.2) is 9.59 Å². The van der Waals surface area contributed by atoms with Crippen LogP contribution in [0.15, 0.2) is 48.7 Å². The summed E-state index contributed by atoms with van der Waals surface area (Å²) in [6.45, 7) is 1.88. The zero-order chi connectivity index (χ0) is 16.4. The van der Waals surface area contributed by atoms with Crippen LogP contribution in [0.1, 0.15) is 15.9 Å². The highest BCUT2D eigenvalue weighted by molar-refractivity contribution is 6.03. The molecule has 0 aliphatic heterocycles. The zero-order valence-corrected chi connectivity index (χ0v) is 12.7. The number of aryl methyl sites for hydroxylation is 1. The zero-order valence-electron chi connectivity index (χ0n) is 12.7. The average Bonchev–Trinajstić information content (AvgIpc) is 2.98. The Bertz CT molecular complexity index is 899. The van der Waals surface area contributed by atoms with E-state index in [1.165, 1.54) is 11.8 Å². The lowest BCUT2D eigenvalue weighted by Crippen LogP contribution is -2.22. The molecule has 6 heteroatoms. The van der Waals surface area contributed by atoms with Crippen LogP contribution in [0.3, 0.4) is 0 Å². The lowest BCUT2D eigenvalue weighted by Gasteiger charge is -2.11. The van der Waals surface area contributed by atoms with Gasteiger partial charge in [0.1, 0.15) is 0 Å². The summed E-state index contributed by atoms with van der Waals surface area (Å²) < 4.78 is 6.01. The summed E-state index contributed by atoms with van der Waals surface area (Å²) in [5.74, 6) is -0.509. The van der Waals surface area contributed by atoms with Crippen LogP contribution < -0.4 is 5.32 Å². The van der Waals surface area contributed by atoms with Gasteiger partial charge in [0.25, 0.3) is 0 Å². The molecule has 116 valence electrons. The normalized spacial score (nSPS) is 10.5. The van der Waals surface area contributed by atoms with Crippen molar-refractivity contribution in [1.29, 1.82) is 0 Å². The van der Waals surface area contributed by atoms with E-state index < -0.39 is 12.0 Å². The third-order valence-electron chi connectivity index (χ3n) is 3.49. The van der Waals surface area contributed by atoms with E-state index >= 15 is 0 Å². The largest absolute Gasteiger partial charge is 0.465 e. The second-order valence-electron chi connectivity index (χ2n) is 5.09. The number of nitrogens with zero attached hydrogens (tertiary/aromatic N) is 2. The van der Waals surface area contributed by atoms with E-state index in [1.807, 2.05) is 25.1 Å². The molecule has 1 heterocycles. The SMILES string of the molecule is COC(=O)c1ccc(C)cc1NC(=O)n1ncc2ccccc21. The van der Waals surface area contributed by atoms with Crippen molar-refractivity contribution in [3.05, 3.63) is 59.8 Å². The van der Waals surface area contributed by atoms with Gasteiger partial charge in [-0.3, -0.25) is 0 Å². The van der Waals surface area contributed by atoms with Gasteiger partial charge in [0.15, 0.2) is 0 Å². The molecular formula is C17H15N3O3. The Balaban J connectivity index is 1.97. The maximum absolute atomic E-state index is 12.5. The second-order valence-corrected chi connectivity index (χ2v) is 5.09. The summed E-state index contributed by atoms with van der Waals surface area (Å²) in [7, 11) is 1.30. The molecule has 0 fully saturated rings. The van der Waals surface area contributed by atoms with Gasteiger partial charge in [-0.1, -0.05) is 24.3 Å². The summed E-state index contributed by atoms with van der Waals surface area (Å²) >= 11 is 0.